The van der Waals surface area contributed by atoms with Gasteiger partial charge in [0.2, 0.25) is 0 Å². The van der Waals surface area contributed by atoms with Gasteiger partial charge in [-0.1, -0.05) is 47.8 Å². The lowest BCUT2D eigenvalue weighted by Crippen LogP contribution is -2.40. The molecular formula is C24H30Cl2N2O2. The number of halogens is 2. The topological polar surface area (TPSA) is 32.8 Å². The van der Waals surface area contributed by atoms with Crippen LogP contribution in [-0.4, -0.2) is 48.5 Å². The number of amides is 1. The quantitative estimate of drug-likeness (QED) is 0.502. The van der Waals surface area contributed by atoms with Crippen LogP contribution >= 0.6 is 23.2 Å². The molecule has 1 amide bonds. The van der Waals surface area contributed by atoms with Gasteiger partial charge in [0.15, 0.2) is 0 Å². The van der Waals surface area contributed by atoms with E-state index in [0.717, 1.165) is 30.8 Å². The Hall–Kier alpha value is -1.75. The molecule has 0 N–H and O–H groups in total. The summed E-state index contributed by atoms with van der Waals surface area (Å²) in [7, 11) is 1.65. The molecule has 0 aromatic heterocycles. The fourth-order valence-electron chi connectivity index (χ4n) is 4.08. The third kappa shape index (κ3) is 5.90. The van der Waals surface area contributed by atoms with E-state index >= 15 is 0 Å². The highest BCUT2D eigenvalue weighted by atomic mass is 35.5. The Kier molecular flexibility index (Phi) is 8.43. The van der Waals surface area contributed by atoms with E-state index < -0.39 is 0 Å². The van der Waals surface area contributed by atoms with Crippen LogP contribution in [0.5, 0.6) is 5.75 Å². The number of para-hydroxylation sites is 1. The zero-order valence-corrected chi connectivity index (χ0v) is 19.3. The van der Waals surface area contributed by atoms with Crippen molar-refractivity contribution in [1.29, 1.82) is 0 Å². The number of carbonyl (C=O) groups is 1. The van der Waals surface area contributed by atoms with Gasteiger partial charge in [-0.25, -0.2) is 0 Å². The van der Waals surface area contributed by atoms with Crippen molar-refractivity contribution in [2.75, 3.05) is 26.7 Å². The van der Waals surface area contributed by atoms with Gasteiger partial charge in [-0.2, -0.15) is 0 Å². The van der Waals surface area contributed by atoms with E-state index in [0.29, 0.717) is 34.7 Å². The second kappa shape index (κ2) is 11.0. The molecule has 4 nitrogen and oxygen atoms in total. The summed E-state index contributed by atoms with van der Waals surface area (Å²) >= 11 is 12.4. The van der Waals surface area contributed by atoms with Gasteiger partial charge in [0, 0.05) is 36.3 Å². The number of methoxy groups -OCH3 is 1. The number of carbonyl (C=O) groups excluding carboxylic acids is 1. The molecule has 0 radical (unpaired) electrons. The number of nitrogens with zero attached hydrogens (tertiary/aromatic N) is 2. The maximum atomic E-state index is 13.4. The normalized spacial score (nSPS) is 17.0. The predicted molar refractivity (Wildman–Crippen MR) is 124 cm³/mol. The molecule has 1 unspecified atom stereocenters. The van der Waals surface area contributed by atoms with E-state index in [1.807, 2.05) is 29.2 Å². The molecule has 1 heterocycles. The Morgan fingerprint density at radius 1 is 1.20 bits per heavy atom. The van der Waals surface area contributed by atoms with Gasteiger partial charge in [-0.05, 0) is 57.0 Å². The summed E-state index contributed by atoms with van der Waals surface area (Å²) in [6, 6.07) is 13.5. The third-order valence-corrected chi connectivity index (χ3v) is 6.36. The van der Waals surface area contributed by atoms with Crippen molar-refractivity contribution in [3.8, 4) is 5.75 Å². The molecule has 1 saturated heterocycles. The van der Waals surface area contributed by atoms with Crippen LogP contribution in [0.2, 0.25) is 10.0 Å². The van der Waals surface area contributed by atoms with E-state index in [1.165, 1.54) is 19.3 Å². The first kappa shape index (κ1) is 22.9. The maximum absolute atomic E-state index is 13.4. The minimum absolute atomic E-state index is 0.0886. The van der Waals surface area contributed by atoms with Crippen LogP contribution in [0.15, 0.2) is 42.5 Å². The standard InChI is InChI=1S/C24H30Cl2N2O2/c1-18-8-5-6-13-27(18)14-7-15-28(17-19-9-3-4-10-23(19)30-2)24(29)21-12-11-20(25)16-22(21)26/h3-4,9-12,16,18H,5-8,13-15,17H2,1-2H3. The molecule has 6 heteroatoms. The fourth-order valence-corrected chi connectivity index (χ4v) is 4.57. The largest absolute Gasteiger partial charge is 0.496 e. The molecule has 0 aliphatic carbocycles. The zero-order chi connectivity index (χ0) is 21.5. The highest BCUT2D eigenvalue weighted by Gasteiger charge is 2.22. The van der Waals surface area contributed by atoms with Crippen molar-refractivity contribution in [3.63, 3.8) is 0 Å². The Labute approximate surface area is 189 Å². The molecule has 0 spiro atoms. The number of hydrogen-bond donors (Lipinski definition) is 0. The summed E-state index contributed by atoms with van der Waals surface area (Å²) in [4.78, 5) is 17.8. The lowest BCUT2D eigenvalue weighted by Gasteiger charge is -2.34. The monoisotopic (exact) mass is 448 g/mol. The second-order valence-electron chi connectivity index (χ2n) is 7.90. The predicted octanol–water partition coefficient (Wildman–Crippen LogP) is 5.91. The molecule has 1 aliphatic rings. The zero-order valence-electron chi connectivity index (χ0n) is 17.7. The molecule has 2 aromatic rings. The molecule has 1 atom stereocenters. The Morgan fingerprint density at radius 3 is 2.73 bits per heavy atom. The number of ether oxygens (including phenoxy) is 1. The minimum Gasteiger partial charge on any atom is -0.496 e. The van der Waals surface area contributed by atoms with Crippen molar-refractivity contribution < 1.29 is 9.53 Å². The molecule has 3 rings (SSSR count). The van der Waals surface area contributed by atoms with Gasteiger partial charge >= 0.3 is 0 Å². The van der Waals surface area contributed by atoms with Gasteiger partial charge in [-0.3, -0.25) is 4.79 Å². The van der Waals surface area contributed by atoms with Crippen LogP contribution in [0.1, 0.15) is 48.5 Å². The van der Waals surface area contributed by atoms with Gasteiger partial charge in [-0.15, -0.1) is 0 Å². The first-order chi connectivity index (χ1) is 14.5. The first-order valence-corrected chi connectivity index (χ1v) is 11.4. The van der Waals surface area contributed by atoms with E-state index in [9.17, 15) is 4.79 Å². The Bertz CT molecular complexity index is 859. The van der Waals surface area contributed by atoms with Crippen LogP contribution in [0, 0.1) is 0 Å². The lowest BCUT2D eigenvalue weighted by molar-refractivity contribution is 0.0725. The summed E-state index contributed by atoms with van der Waals surface area (Å²) in [5.41, 5.74) is 1.45. The average molecular weight is 449 g/mol. The van der Waals surface area contributed by atoms with Crippen LogP contribution in [0.25, 0.3) is 0 Å². The number of piperidine rings is 1. The SMILES string of the molecule is COc1ccccc1CN(CCCN1CCCCC1C)C(=O)c1ccc(Cl)cc1Cl. The van der Waals surface area contributed by atoms with Crippen molar-refractivity contribution in [2.45, 2.75) is 45.2 Å². The van der Waals surface area contributed by atoms with Crippen molar-refractivity contribution in [3.05, 3.63) is 63.6 Å². The highest BCUT2D eigenvalue weighted by molar-refractivity contribution is 6.36. The molecule has 0 bridgehead atoms. The highest BCUT2D eigenvalue weighted by Crippen LogP contribution is 2.25. The van der Waals surface area contributed by atoms with Crippen LogP contribution in [0.3, 0.4) is 0 Å². The minimum atomic E-state index is -0.0886. The molecular weight excluding hydrogens is 419 g/mol. The smallest absolute Gasteiger partial charge is 0.255 e. The van der Waals surface area contributed by atoms with Crippen molar-refractivity contribution >= 4 is 29.1 Å². The summed E-state index contributed by atoms with van der Waals surface area (Å²) in [6.45, 7) is 5.55. The fraction of sp³-hybridized carbons (Fsp3) is 0.458. The van der Waals surface area contributed by atoms with Gasteiger partial charge in [0.05, 0.1) is 17.7 Å². The number of hydrogen-bond acceptors (Lipinski definition) is 3. The first-order valence-electron chi connectivity index (χ1n) is 10.6. The number of likely N-dealkylation sites (tertiary alicyclic amines) is 1. The molecule has 1 fully saturated rings. The third-order valence-electron chi connectivity index (χ3n) is 5.82. The lowest BCUT2D eigenvalue weighted by atomic mass is 10.0. The van der Waals surface area contributed by atoms with Crippen molar-refractivity contribution in [2.24, 2.45) is 0 Å². The Morgan fingerprint density at radius 2 is 2.00 bits per heavy atom. The van der Waals surface area contributed by atoms with Crippen LogP contribution < -0.4 is 4.74 Å². The molecule has 2 aromatic carbocycles. The molecule has 30 heavy (non-hydrogen) atoms. The number of rotatable bonds is 8. The average Bonchev–Trinajstić information content (AvgIpc) is 2.74. The van der Waals surface area contributed by atoms with E-state index in [1.54, 1.807) is 25.3 Å². The summed E-state index contributed by atoms with van der Waals surface area (Å²) in [6.07, 6.45) is 4.74. The van der Waals surface area contributed by atoms with Crippen molar-refractivity contribution in [1.82, 2.24) is 9.80 Å². The summed E-state index contributed by atoms with van der Waals surface area (Å²) < 4.78 is 5.50. The van der Waals surface area contributed by atoms with E-state index in [2.05, 4.69) is 11.8 Å². The Balaban J connectivity index is 1.76. The maximum Gasteiger partial charge on any atom is 0.255 e. The summed E-state index contributed by atoms with van der Waals surface area (Å²) in [5.74, 6) is 0.691. The summed E-state index contributed by atoms with van der Waals surface area (Å²) in [5, 5.41) is 0.897. The van der Waals surface area contributed by atoms with Gasteiger partial charge < -0.3 is 14.5 Å². The molecule has 162 valence electrons. The molecule has 1 aliphatic heterocycles. The number of benzene rings is 2. The van der Waals surface area contributed by atoms with Crippen LogP contribution in [-0.2, 0) is 6.54 Å². The van der Waals surface area contributed by atoms with Gasteiger partial charge in [0.1, 0.15) is 5.75 Å². The molecule has 0 saturated carbocycles. The van der Waals surface area contributed by atoms with Gasteiger partial charge in [0.25, 0.3) is 5.91 Å². The van der Waals surface area contributed by atoms with Crippen LogP contribution in [0.4, 0.5) is 0 Å². The van der Waals surface area contributed by atoms with E-state index in [4.69, 9.17) is 27.9 Å². The van der Waals surface area contributed by atoms with E-state index in [-0.39, 0.29) is 5.91 Å². The second-order valence-corrected chi connectivity index (χ2v) is 8.74.